The second-order valence-electron chi connectivity index (χ2n) is 16.7. The Kier molecular flexibility index (Phi) is 12.9. The van der Waals surface area contributed by atoms with E-state index in [-0.39, 0.29) is 53.8 Å². The van der Waals surface area contributed by atoms with Crippen molar-refractivity contribution in [2.45, 2.75) is 113 Å². The maximum Gasteiger partial charge on any atom is 0.355 e. The highest BCUT2D eigenvalue weighted by Gasteiger charge is 2.58. The van der Waals surface area contributed by atoms with E-state index < -0.39 is 43.4 Å². The van der Waals surface area contributed by atoms with E-state index in [1.54, 1.807) is 41.4 Å². The quantitative estimate of drug-likeness (QED) is 0.0898. The van der Waals surface area contributed by atoms with Crippen molar-refractivity contribution < 1.29 is 42.1 Å². The SMILES string of the molecule is CCCOC(=O)[C@H](COC)NP(=O)(Oc1ccccc1)[C@@H](F)c1ccc2sc(C(=O)NC3CCCC[C@H]4CC[C@@H](C(=O)N5C[C@@H](c6cccnc6)CC56CC6)N4C3=O)cc2c1. The van der Waals surface area contributed by atoms with Gasteiger partial charge in [0.15, 0.2) is 0 Å². The van der Waals surface area contributed by atoms with Crippen molar-refractivity contribution in [3.8, 4) is 5.75 Å². The van der Waals surface area contributed by atoms with Crippen LogP contribution in [-0.2, 0) is 28.4 Å². The van der Waals surface area contributed by atoms with E-state index in [1.165, 1.54) is 42.7 Å². The van der Waals surface area contributed by atoms with Gasteiger partial charge in [-0.3, -0.25) is 28.7 Å². The molecule has 61 heavy (non-hydrogen) atoms. The number of ether oxygens (including phenoxy) is 2. The smallest absolute Gasteiger partial charge is 0.355 e. The Balaban J connectivity index is 0.988. The van der Waals surface area contributed by atoms with Gasteiger partial charge in [0.25, 0.3) is 5.91 Å². The van der Waals surface area contributed by atoms with E-state index in [1.807, 2.05) is 24.1 Å². The van der Waals surface area contributed by atoms with Crippen LogP contribution in [0.4, 0.5) is 4.39 Å². The fourth-order valence-electron chi connectivity index (χ4n) is 9.29. The number of pyridine rings is 1. The molecule has 1 saturated carbocycles. The van der Waals surface area contributed by atoms with Crippen molar-refractivity contribution in [3.63, 3.8) is 0 Å². The number of hydrogen-bond donors (Lipinski definition) is 2. The number of methoxy groups -OCH3 is 1. The summed E-state index contributed by atoms with van der Waals surface area (Å²) in [5.74, 6) is -3.31. The average Bonchev–Trinajstić information content (AvgIpc) is 3.54. The summed E-state index contributed by atoms with van der Waals surface area (Å²) in [5, 5.41) is 6.14. The molecule has 2 N–H and O–H groups in total. The first kappa shape index (κ1) is 43.0. The number of carbonyl (C=O) groups is 4. The van der Waals surface area contributed by atoms with Gasteiger partial charge >= 0.3 is 13.5 Å². The molecule has 324 valence electrons. The van der Waals surface area contributed by atoms with E-state index in [9.17, 15) is 23.7 Å². The fraction of sp³-hybridized carbons (Fsp3) is 0.489. The Bertz CT molecular complexity index is 2280. The Hall–Kier alpha value is -4.69. The molecular formula is C45H53FN5O8PS. The molecule has 3 aliphatic heterocycles. The van der Waals surface area contributed by atoms with Crippen LogP contribution in [-0.4, -0.2) is 95.0 Å². The number of likely N-dealkylation sites (tertiary alicyclic amines) is 1. The van der Waals surface area contributed by atoms with Crippen molar-refractivity contribution in [2.24, 2.45) is 0 Å². The zero-order valence-electron chi connectivity index (χ0n) is 34.5. The number of alkyl halides is 1. The molecule has 16 heteroatoms. The summed E-state index contributed by atoms with van der Waals surface area (Å²) in [6.07, 6.45) is 11.3. The molecule has 2 unspecified atom stereocenters. The number of halogens is 1. The summed E-state index contributed by atoms with van der Waals surface area (Å²) in [6, 6.07) is 15.6. The molecule has 0 radical (unpaired) electrons. The summed E-state index contributed by atoms with van der Waals surface area (Å²) >= 11 is 1.19. The van der Waals surface area contributed by atoms with Crippen LogP contribution in [0, 0.1) is 0 Å². The van der Waals surface area contributed by atoms with Gasteiger partial charge in [-0.2, -0.15) is 0 Å². The molecule has 0 bridgehead atoms. The fourth-order valence-corrected chi connectivity index (χ4v) is 12.1. The Morgan fingerprint density at radius 3 is 2.57 bits per heavy atom. The number of nitrogens with zero attached hydrogens (tertiary/aromatic N) is 3. The maximum absolute atomic E-state index is 16.7. The summed E-state index contributed by atoms with van der Waals surface area (Å²) in [7, 11) is -3.19. The predicted octanol–water partition coefficient (Wildman–Crippen LogP) is 7.68. The molecule has 7 atom stereocenters. The number of nitrogens with one attached hydrogen (secondary N) is 2. The molecule has 13 nitrogen and oxygen atoms in total. The average molecular weight is 874 g/mol. The number of fused-ring (bicyclic) bond motifs is 2. The first-order valence-corrected chi connectivity index (χ1v) is 23.8. The largest absolute Gasteiger partial charge is 0.464 e. The minimum absolute atomic E-state index is 0.00540. The lowest BCUT2D eigenvalue weighted by Crippen LogP contribution is -2.57. The van der Waals surface area contributed by atoms with Crippen LogP contribution in [0.5, 0.6) is 5.75 Å². The zero-order valence-corrected chi connectivity index (χ0v) is 36.2. The van der Waals surface area contributed by atoms with Gasteiger partial charge in [0.05, 0.1) is 18.1 Å². The van der Waals surface area contributed by atoms with Gasteiger partial charge < -0.3 is 29.1 Å². The predicted molar refractivity (Wildman–Crippen MR) is 229 cm³/mol. The van der Waals surface area contributed by atoms with E-state index in [0.717, 1.165) is 50.5 Å². The number of thiophene rings is 1. The van der Waals surface area contributed by atoms with Gasteiger partial charge in [0.1, 0.15) is 23.9 Å². The van der Waals surface area contributed by atoms with Crippen LogP contribution < -0.4 is 14.9 Å². The molecule has 4 fully saturated rings. The van der Waals surface area contributed by atoms with Crippen molar-refractivity contribution in [1.82, 2.24) is 25.2 Å². The lowest BCUT2D eigenvalue weighted by atomic mass is 9.97. The molecule has 2 aromatic carbocycles. The van der Waals surface area contributed by atoms with E-state index in [0.29, 0.717) is 40.8 Å². The highest BCUT2D eigenvalue weighted by Crippen LogP contribution is 2.58. The molecule has 1 aliphatic carbocycles. The summed E-state index contributed by atoms with van der Waals surface area (Å²) in [4.78, 5) is 64.3. The number of para-hydroxylation sites is 1. The van der Waals surface area contributed by atoms with Gasteiger partial charge in [-0.1, -0.05) is 50.1 Å². The summed E-state index contributed by atoms with van der Waals surface area (Å²) in [6.45, 7) is 2.32. The van der Waals surface area contributed by atoms with Crippen LogP contribution >= 0.6 is 18.9 Å². The second-order valence-corrected chi connectivity index (χ2v) is 19.9. The highest BCUT2D eigenvalue weighted by atomic mass is 32.1. The monoisotopic (exact) mass is 873 g/mol. The van der Waals surface area contributed by atoms with Crippen LogP contribution in [0.1, 0.15) is 104 Å². The third-order valence-electron chi connectivity index (χ3n) is 12.5. The second kappa shape index (κ2) is 18.3. The van der Waals surface area contributed by atoms with E-state index >= 15 is 4.39 Å². The number of benzene rings is 2. The number of hydrogen-bond acceptors (Lipinski definition) is 10. The molecule has 8 rings (SSSR count). The summed E-state index contributed by atoms with van der Waals surface area (Å²) < 4.78 is 48.2. The van der Waals surface area contributed by atoms with Crippen molar-refractivity contribution in [1.29, 1.82) is 0 Å². The topological polar surface area (TPSA) is 156 Å². The molecule has 3 saturated heterocycles. The molecule has 2 aromatic heterocycles. The third kappa shape index (κ3) is 9.12. The molecule has 4 aliphatic rings. The van der Waals surface area contributed by atoms with Crippen LogP contribution in [0.25, 0.3) is 10.1 Å². The minimum atomic E-state index is -4.55. The van der Waals surface area contributed by atoms with Gasteiger partial charge in [-0.05, 0) is 104 Å². The van der Waals surface area contributed by atoms with Crippen molar-refractivity contribution >= 4 is 52.6 Å². The Morgan fingerprint density at radius 1 is 1.03 bits per heavy atom. The molecular weight excluding hydrogens is 821 g/mol. The Labute approximate surface area is 359 Å². The molecule has 1 spiro atoms. The lowest BCUT2D eigenvalue weighted by Gasteiger charge is -2.37. The third-order valence-corrected chi connectivity index (χ3v) is 15.7. The summed E-state index contributed by atoms with van der Waals surface area (Å²) in [5.41, 5.74) is 0.980. The van der Waals surface area contributed by atoms with Gasteiger partial charge in [0.2, 0.25) is 17.7 Å². The number of amides is 3. The van der Waals surface area contributed by atoms with Crippen molar-refractivity contribution in [2.75, 3.05) is 26.9 Å². The number of aromatic nitrogens is 1. The minimum Gasteiger partial charge on any atom is -0.464 e. The van der Waals surface area contributed by atoms with Gasteiger partial charge in [-0.25, -0.2) is 9.48 Å². The van der Waals surface area contributed by atoms with Gasteiger partial charge in [0, 0.05) is 48.2 Å². The van der Waals surface area contributed by atoms with Crippen LogP contribution in [0.15, 0.2) is 79.1 Å². The number of esters is 1. The normalized spacial score (nSPS) is 24.0. The lowest BCUT2D eigenvalue weighted by molar-refractivity contribution is -0.148. The zero-order chi connectivity index (χ0) is 42.7. The number of rotatable bonds is 15. The maximum atomic E-state index is 16.7. The van der Waals surface area contributed by atoms with Crippen molar-refractivity contribution in [3.05, 3.63) is 95.1 Å². The first-order valence-electron chi connectivity index (χ1n) is 21.3. The van der Waals surface area contributed by atoms with E-state index in [4.69, 9.17) is 14.0 Å². The Morgan fingerprint density at radius 2 is 1.84 bits per heavy atom. The standard InChI is InChI=1S/C45H53FN5O8PS/c1-3-22-58-44(55)36(28-57-2)49-60(56,59-34-12-5-4-6-13-34)40(46)29-15-18-38-31(23-29)24-39(61-38)41(52)48-35-14-8-7-11-33-16-17-37(51(33)42(35)53)43(54)50-27-32(25-45(50)19-20-45)30-10-9-21-47-26-30/h4-6,9-10,12-13,15,18,21,23-24,26,32-33,35-37,40H,3,7-8,11,14,16-17,19-20,22,25,27-28H2,1-2H3,(H,48,52)(H,49,56)/t32-,33-,35?,36-,37-,40+,60?/m0/s1. The first-order chi connectivity index (χ1) is 29.5. The highest BCUT2D eigenvalue weighted by molar-refractivity contribution is 7.57. The molecule has 4 aromatic rings. The number of carbonyl (C=O) groups excluding carboxylic acids is 4. The molecule has 3 amide bonds. The van der Waals surface area contributed by atoms with Gasteiger partial charge in [-0.15, -0.1) is 11.3 Å². The van der Waals surface area contributed by atoms with Crippen LogP contribution in [0.3, 0.4) is 0 Å². The van der Waals surface area contributed by atoms with Crippen LogP contribution in [0.2, 0.25) is 0 Å². The molecule has 5 heterocycles. The van der Waals surface area contributed by atoms with E-state index in [2.05, 4.69) is 21.5 Å².